The van der Waals surface area contributed by atoms with E-state index in [1.165, 1.54) is 0 Å². The molecule has 18 heavy (non-hydrogen) atoms. The number of alkyl halides is 1. The smallest absolute Gasteiger partial charge is 0.254 e. The molecule has 4 heteroatoms. The third-order valence-electron chi connectivity index (χ3n) is 3.56. The fraction of sp³-hybridized carbons (Fsp3) is 0.500. The molecule has 2 rings (SSSR count). The van der Waals surface area contributed by atoms with Gasteiger partial charge in [-0.3, -0.25) is 4.79 Å². The van der Waals surface area contributed by atoms with Gasteiger partial charge in [0, 0.05) is 30.1 Å². The fourth-order valence-corrected chi connectivity index (χ4v) is 2.65. The lowest BCUT2D eigenvalue weighted by Gasteiger charge is -2.32. The normalized spacial score (nSPS) is 19.9. The Labute approximate surface area is 112 Å². The van der Waals surface area contributed by atoms with E-state index in [0.29, 0.717) is 22.9 Å². The first-order valence-electron chi connectivity index (χ1n) is 6.27. The maximum absolute atomic E-state index is 12.4. The molecular formula is C14H18ClNO2. The van der Waals surface area contributed by atoms with Crippen LogP contribution in [0.5, 0.6) is 5.75 Å². The van der Waals surface area contributed by atoms with Gasteiger partial charge in [0.1, 0.15) is 5.75 Å². The molecule has 1 heterocycles. The minimum absolute atomic E-state index is 0.00165. The molecule has 0 aliphatic carbocycles. The van der Waals surface area contributed by atoms with E-state index in [9.17, 15) is 9.90 Å². The molecule has 1 aliphatic heterocycles. The van der Waals surface area contributed by atoms with Crippen LogP contribution in [0.1, 0.15) is 28.8 Å². The molecule has 3 nitrogen and oxygen atoms in total. The van der Waals surface area contributed by atoms with Gasteiger partial charge in [-0.1, -0.05) is 6.07 Å². The second kappa shape index (κ2) is 5.61. The Balaban J connectivity index is 2.18. The Kier molecular flexibility index (Phi) is 4.12. The average Bonchev–Trinajstić information content (AvgIpc) is 2.41. The molecule has 98 valence electrons. The van der Waals surface area contributed by atoms with Crippen molar-refractivity contribution < 1.29 is 9.90 Å². The van der Waals surface area contributed by atoms with Crippen LogP contribution < -0.4 is 0 Å². The molecular weight excluding hydrogens is 250 g/mol. The van der Waals surface area contributed by atoms with E-state index in [2.05, 4.69) is 0 Å². The van der Waals surface area contributed by atoms with Crippen molar-refractivity contribution in [2.75, 3.05) is 19.0 Å². The predicted octanol–water partition coefficient (Wildman–Crippen LogP) is 2.79. The number of halogens is 1. The molecule has 0 spiro atoms. The van der Waals surface area contributed by atoms with Crippen LogP contribution in [0.2, 0.25) is 0 Å². The van der Waals surface area contributed by atoms with Crippen LogP contribution in [-0.4, -0.2) is 34.9 Å². The summed E-state index contributed by atoms with van der Waals surface area (Å²) in [4.78, 5) is 14.3. The highest BCUT2D eigenvalue weighted by Crippen LogP contribution is 2.24. The van der Waals surface area contributed by atoms with Gasteiger partial charge in [-0.15, -0.1) is 11.6 Å². The van der Waals surface area contributed by atoms with Gasteiger partial charge in [0.2, 0.25) is 0 Å². The molecule has 1 aliphatic rings. The highest BCUT2D eigenvalue weighted by Gasteiger charge is 2.25. The lowest BCUT2D eigenvalue weighted by atomic mass is 9.98. The first-order valence-corrected chi connectivity index (χ1v) is 6.80. The number of likely N-dealkylation sites (tertiary alicyclic amines) is 1. The summed E-state index contributed by atoms with van der Waals surface area (Å²) in [6.45, 7) is 3.27. The molecule has 1 aromatic carbocycles. The summed E-state index contributed by atoms with van der Waals surface area (Å²) in [6.07, 6.45) is 2.09. The number of hydrogen-bond donors (Lipinski definition) is 1. The zero-order valence-corrected chi connectivity index (χ0v) is 11.3. The number of hydrogen-bond acceptors (Lipinski definition) is 2. The summed E-state index contributed by atoms with van der Waals surface area (Å²) in [6, 6.07) is 5.07. The van der Waals surface area contributed by atoms with Crippen LogP contribution in [-0.2, 0) is 0 Å². The Morgan fingerprint density at radius 3 is 3.06 bits per heavy atom. The van der Waals surface area contributed by atoms with Crippen molar-refractivity contribution >= 4 is 17.5 Å². The number of phenols is 1. The van der Waals surface area contributed by atoms with E-state index < -0.39 is 0 Å². The van der Waals surface area contributed by atoms with E-state index in [1.54, 1.807) is 25.1 Å². The van der Waals surface area contributed by atoms with Crippen LogP contribution in [0.15, 0.2) is 18.2 Å². The zero-order chi connectivity index (χ0) is 13.1. The molecule has 1 aromatic rings. The van der Waals surface area contributed by atoms with Crippen LogP contribution in [0, 0.1) is 12.8 Å². The number of benzene rings is 1. The van der Waals surface area contributed by atoms with E-state index >= 15 is 0 Å². The quantitative estimate of drug-likeness (QED) is 0.837. The van der Waals surface area contributed by atoms with E-state index in [-0.39, 0.29) is 11.7 Å². The molecule has 0 radical (unpaired) electrons. The van der Waals surface area contributed by atoms with Crippen LogP contribution in [0.4, 0.5) is 0 Å². The molecule has 1 N–H and O–H groups in total. The highest BCUT2D eigenvalue weighted by molar-refractivity contribution is 6.18. The van der Waals surface area contributed by atoms with Gasteiger partial charge < -0.3 is 10.0 Å². The Morgan fingerprint density at radius 1 is 1.56 bits per heavy atom. The van der Waals surface area contributed by atoms with E-state index in [4.69, 9.17) is 11.6 Å². The van der Waals surface area contributed by atoms with Crippen molar-refractivity contribution in [2.24, 2.45) is 5.92 Å². The number of piperidine rings is 1. The monoisotopic (exact) mass is 267 g/mol. The van der Waals surface area contributed by atoms with Gasteiger partial charge in [-0.05, 0) is 37.8 Å². The second-order valence-electron chi connectivity index (χ2n) is 4.86. The minimum atomic E-state index is -0.00165. The van der Waals surface area contributed by atoms with Gasteiger partial charge in [0.05, 0.1) is 0 Å². The number of carbonyl (C=O) groups excluding carboxylic acids is 1. The van der Waals surface area contributed by atoms with Gasteiger partial charge >= 0.3 is 0 Å². The van der Waals surface area contributed by atoms with Crippen molar-refractivity contribution in [1.82, 2.24) is 4.90 Å². The maximum atomic E-state index is 12.4. The first kappa shape index (κ1) is 13.2. The largest absolute Gasteiger partial charge is 0.508 e. The Bertz CT molecular complexity index is 447. The molecule has 0 aromatic heterocycles. The molecule has 1 atom stereocenters. The van der Waals surface area contributed by atoms with Crippen molar-refractivity contribution in [3.63, 3.8) is 0 Å². The highest BCUT2D eigenvalue weighted by atomic mass is 35.5. The van der Waals surface area contributed by atoms with Crippen LogP contribution >= 0.6 is 11.6 Å². The number of carbonyl (C=O) groups is 1. The Morgan fingerprint density at radius 2 is 2.33 bits per heavy atom. The number of phenolic OH excluding ortho intramolecular Hbond substituents is 1. The van der Waals surface area contributed by atoms with Crippen molar-refractivity contribution in [2.45, 2.75) is 19.8 Å². The summed E-state index contributed by atoms with van der Waals surface area (Å²) in [5.41, 5.74) is 1.24. The van der Waals surface area contributed by atoms with Crippen molar-refractivity contribution in [3.05, 3.63) is 29.3 Å². The van der Waals surface area contributed by atoms with Gasteiger partial charge in [0.25, 0.3) is 5.91 Å². The molecule has 1 unspecified atom stereocenters. The zero-order valence-electron chi connectivity index (χ0n) is 10.5. The summed E-state index contributed by atoms with van der Waals surface area (Å²) in [5.74, 6) is 1.16. The number of rotatable bonds is 2. The average molecular weight is 268 g/mol. The lowest BCUT2D eigenvalue weighted by molar-refractivity contribution is 0.0683. The van der Waals surface area contributed by atoms with E-state index in [1.807, 2.05) is 4.90 Å². The fourth-order valence-electron chi connectivity index (χ4n) is 2.40. The van der Waals surface area contributed by atoms with E-state index in [0.717, 1.165) is 25.9 Å². The van der Waals surface area contributed by atoms with Crippen LogP contribution in [0.25, 0.3) is 0 Å². The SMILES string of the molecule is Cc1c(O)cccc1C(=O)N1CCCC(CCl)C1. The number of aromatic hydroxyl groups is 1. The first-order chi connectivity index (χ1) is 8.63. The maximum Gasteiger partial charge on any atom is 0.254 e. The summed E-state index contributed by atoms with van der Waals surface area (Å²) in [7, 11) is 0. The standard InChI is InChI=1S/C14H18ClNO2/c1-10-12(5-2-6-13(10)17)14(18)16-7-3-4-11(8-15)9-16/h2,5-6,11,17H,3-4,7-9H2,1H3. The van der Waals surface area contributed by atoms with Crippen molar-refractivity contribution in [1.29, 1.82) is 0 Å². The molecule has 1 amide bonds. The summed E-state index contributed by atoms with van der Waals surface area (Å²) in [5, 5.41) is 9.65. The molecule has 1 fully saturated rings. The van der Waals surface area contributed by atoms with Gasteiger partial charge in [0.15, 0.2) is 0 Å². The van der Waals surface area contributed by atoms with Crippen LogP contribution in [0.3, 0.4) is 0 Å². The second-order valence-corrected chi connectivity index (χ2v) is 5.17. The number of amides is 1. The summed E-state index contributed by atoms with van der Waals surface area (Å²) >= 11 is 5.87. The predicted molar refractivity (Wildman–Crippen MR) is 72.2 cm³/mol. The number of nitrogens with zero attached hydrogens (tertiary/aromatic N) is 1. The van der Waals surface area contributed by atoms with Gasteiger partial charge in [-0.2, -0.15) is 0 Å². The Hall–Kier alpha value is -1.22. The summed E-state index contributed by atoms with van der Waals surface area (Å²) < 4.78 is 0. The molecule has 0 bridgehead atoms. The molecule has 1 saturated heterocycles. The van der Waals surface area contributed by atoms with Crippen molar-refractivity contribution in [3.8, 4) is 5.75 Å². The lowest BCUT2D eigenvalue weighted by Crippen LogP contribution is -2.40. The topological polar surface area (TPSA) is 40.5 Å². The third kappa shape index (κ3) is 2.61. The molecule has 0 saturated carbocycles. The van der Waals surface area contributed by atoms with Gasteiger partial charge in [-0.25, -0.2) is 0 Å². The minimum Gasteiger partial charge on any atom is -0.508 e. The third-order valence-corrected chi connectivity index (χ3v) is 4.00.